The molecule has 0 bridgehead atoms. The molecule has 150 valence electrons. The van der Waals surface area contributed by atoms with E-state index in [-0.39, 0.29) is 5.78 Å². The van der Waals surface area contributed by atoms with Crippen molar-refractivity contribution in [3.05, 3.63) is 72.0 Å². The fraction of sp³-hybridized carbons (Fsp3) is 0.375. The van der Waals surface area contributed by atoms with Crippen molar-refractivity contribution < 1.29 is 18.5 Å². The molecule has 1 aliphatic rings. The van der Waals surface area contributed by atoms with E-state index in [1.165, 1.54) is 0 Å². The minimum absolute atomic E-state index is 0.00753. The highest BCUT2D eigenvalue weighted by Crippen LogP contribution is 2.43. The van der Waals surface area contributed by atoms with Crippen LogP contribution < -0.4 is 0 Å². The van der Waals surface area contributed by atoms with E-state index in [9.17, 15) is 4.79 Å². The Bertz CT molecular complexity index is 988. The second-order valence-electron chi connectivity index (χ2n) is 9.07. The number of benzene rings is 2. The van der Waals surface area contributed by atoms with Crippen molar-refractivity contribution >= 4 is 23.9 Å². The Hall–Kier alpha value is -2.37. The lowest BCUT2D eigenvalue weighted by Gasteiger charge is -2.32. The number of hydrogen-bond acceptors (Lipinski definition) is 4. The van der Waals surface area contributed by atoms with Gasteiger partial charge in [0.05, 0.1) is 16.6 Å². The normalized spacial score (nSPS) is 20.0. The minimum atomic E-state index is -0.929. The lowest BCUT2D eigenvalue weighted by atomic mass is 9.64. The number of Topliss-reactive ketones (excluding diaryl/α,β-unsaturated/α-hetero) is 1. The van der Waals surface area contributed by atoms with Crippen molar-refractivity contribution in [3.63, 3.8) is 0 Å². The summed E-state index contributed by atoms with van der Waals surface area (Å²) in [4.78, 5) is 13.7. The van der Waals surface area contributed by atoms with E-state index in [1.807, 2.05) is 95.3 Å². The van der Waals surface area contributed by atoms with Crippen LogP contribution in [-0.2, 0) is 14.7 Å². The van der Waals surface area contributed by atoms with E-state index in [1.54, 1.807) is 0 Å². The Morgan fingerprint density at radius 3 is 2.14 bits per heavy atom. The largest absolute Gasteiger partial charge is 0.460 e. The van der Waals surface area contributed by atoms with E-state index in [4.69, 9.17) is 13.7 Å². The lowest BCUT2D eigenvalue weighted by Crippen LogP contribution is -2.41. The average molecular weight is 390 g/mol. The van der Waals surface area contributed by atoms with Crippen molar-refractivity contribution in [1.29, 1.82) is 0 Å². The fourth-order valence-electron chi connectivity index (χ4n) is 3.85. The molecule has 0 aliphatic carbocycles. The average Bonchev–Trinajstić information content (AvgIpc) is 3.19. The first-order valence-corrected chi connectivity index (χ1v) is 10.1. The van der Waals surface area contributed by atoms with Crippen LogP contribution in [0.25, 0.3) is 11.0 Å². The van der Waals surface area contributed by atoms with E-state index in [0.29, 0.717) is 17.6 Å². The molecule has 1 saturated heterocycles. The maximum absolute atomic E-state index is 13.7. The number of rotatable bonds is 5. The van der Waals surface area contributed by atoms with Gasteiger partial charge < -0.3 is 13.7 Å². The summed E-state index contributed by atoms with van der Waals surface area (Å²) in [5.41, 5.74) is -0.429. The molecule has 4 rings (SSSR count). The lowest BCUT2D eigenvalue weighted by molar-refractivity contribution is 0.00578. The second kappa shape index (κ2) is 6.86. The topological polar surface area (TPSA) is 48.7 Å². The molecular weight excluding hydrogens is 363 g/mol. The zero-order valence-corrected chi connectivity index (χ0v) is 17.7. The molecule has 2 heterocycles. The highest BCUT2D eigenvalue weighted by Gasteiger charge is 2.54. The first kappa shape index (κ1) is 19.9. The summed E-state index contributed by atoms with van der Waals surface area (Å²) in [6.07, 6.45) is 0.368. The second-order valence-corrected chi connectivity index (χ2v) is 9.07. The molecule has 2 aromatic carbocycles. The van der Waals surface area contributed by atoms with E-state index < -0.39 is 23.7 Å². The first-order valence-electron chi connectivity index (χ1n) is 10.1. The number of furan rings is 1. The van der Waals surface area contributed by atoms with Gasteiger partial charge in [-0.05, 0) is 46.8 Å². The standard InChI is InChI=1S/C24H27BO4/c1-22(2)23(3,4)29-25(28-22)16-24(5,21(26)17-11-7-6-8-12-17)20-15-18-13-9-10-14-19(18)27-20/h6-15H,16H2,1-5H3/t24-/m1/s1. The quantitative estimate of drug-likeness (QED) is 0.416. The fourth-order valence-corrected chi connectivity index (χ4v) is 3.85. The van der Waals surface area contributed by atoms with Crippen LogP contribution in [-0.4, -0.2) is 24.1 Å². The van der Waals surface area contributed by atoms with E-state index in [2.05, 4.69) is 0 Å². The molecule has 4 nitrogen and oxygen atoms in total. The van der Waals surface area contributed by atoms with Crippen LogP contribution in [0.5, 0.6) is 0 Å². The Kier molecular flexibility index (Phi) is 4.71. The zero-order valence-electron chi connectivity index (χ0n) is 17.7. The van der Waals surface area contributed by atoms with Gasteiger partial charge in [0.15, 0.2) is 5.78 Å². The van der Waals surface area contributed by atoms with Gasteiger partial charge in [0.2, 0.25) is 0 Å². The van der Waals surface area contributed by atoms with Gasteiger partial charge in [0.1, 0.15) is 11.3 Å². The third kappa shape index (κ3) is 3.43. The molecule has 0 amide bonds. The summed E-state index contributed by atoms with van der Waals surface area (Å²) >= 11 is 0. The molecule has 1 aromatic heterocycles. The van der Waals surface area contributed by atoms with Crippen molar-refractivity contribution in [2.24, 2.45) is 0 Å². The van der Waals surface area contributed by atoms with Crippen molar-refractivity contribution in [3.8, 4) is 0 Å². The van der Waals surface area contributed by atoms with E-state index in [0.717, 1.165) is 11.0 Å². The number of carbonyl (C=O) groups excluding carboxylic acids is 1. The van der Waals surface area contributed by atoms with Gasteiger partial charge in [-0.25, -0.2) is 0 Å². The van der Waals surface area contributed by atoms with Crippen LogP contribution in [0.2, 0.25) is 6.32 Å². The maximum atomic E-state index is 13.7. The Balaban J connectivity index is 1.76. The Morgan fingerprint density at radius 1 is 0.931 bits per heavy atom. The van der Waals surface area contributed by atoms with Crippen LogP contribution in [0.4, 0.5) is 0 Å². The third-order valence-electron chi connectivity index (χ3n) is 6.38. The molecule has 0 unspecified atom stereocenters. The predicted octanol–water partition coefficient (Wildman–Crippen LogP) is 5.67. The Labute approximate surface area is 172 Å². The highest BCUT2D eigenvalue weighted by molar-refractivity contribution is 6.46. The Morgan fingerprint density at radius 2 is 1.52 bits per heavy atom. The number of carbonyl (C=O) groups is 1. The van der Waals surface area contributed by atoms with Gasteiger partial charge in [-0.3, -0.25) is 4.79 Å². The summed E-state index contributed by atoms with van der Waals surface area (Å²) in [7, 11) is -0.508. The maximum Gasteiger partial charge on any atom is 0.459 e. The van der Waals surface area contributed by atoms with Gasteiger partial charge in [0, 0.05) is 17.3 Å². The molecule has 0 saturated carbocycles. The predicted molar refractivity (Wildman–Crippen MR) is 115 cm³/mol. The number of ketones is 1. The SMILES string of the molecule is CC1(C)OB(C[C@@](C)(C(=O)c2ccccc2)c2cc3ccccc3o2)OC1(C)C. The summed E-state index contributed by atoms with van der Waals surface area (Å²) < 4.78 is 18.6. The minimum Gasteiger partial charge on any atom is -0.460 e. The number of para-hydroxylation sites is 1. The zero-order chi connectivity index (χ0) is 20.9. The summed E-state index contributed by atoms with van der Waals surface area (Å²) in [6.45, 7) is 10.00. The van der Waals surface area contributed by atoms with Crippen LogP contribution in [0.1, 0.15) is 50.7 Å². The summed E-state index contributed by atoms with van der Waals surface area (Å²) in [5.74, 6) is 0.620. The molecular formula is C24H27BO4. The molecule has 0 N–H and O–H groups in total. The van der Waals surface area contributed by atoms with Crippen LogP contribution in [0.3, 0.4) is 0 Å². The molecule has 5 heteroatoms. The third-order valence-corrected chi connectivity index (χ3v) is 6.38. The molecule has 1 atom stereocenters. The van der Waals surface area contributed by atoms with Crippen LogP contribution >= 0.6 is 0 Å². The summed E-state index contributed by atoms with van der Waals surface area (Å²) in [5, 5.41) is 0.975. The highest BCUT2D eigenvalue weighted by atomic mass is 16.7. The van der Waals surface area contributed by atoms with Gasteiger partial charge in [-0.2, -0.15) is 0 Å². The van der Waals surface area contributed by atoms with Gasteiger partial charge in [-0.15, -0.1) is 0 Å². The van der Waals surface area contributed by atoms with Crippen molar-refractivity contribution in [2.45, 2.75) is 57.6 Å². The monoisotopic (exact) mass is 390 g/mol. The molecule has 29 heavy (non-hydrogen) atoms. The van der Waals surface area contributed by atoms with Gasteiger partial charge >= 0.3 is 7.12 Å². The van der Waals surface area contributed by atoms with Gasteiger partial charge in [0.25, 0.3) is 0 Å². The van der Waals surface area contributed by atoms with Crippen LogP contribution in [0, 0.1) is 0 Å². The smallest absolute Gasteiger partial charge is 0.459 e. The molecule has 0 radical (unpaired) electrons. The van der Waals surface area contributed by atoms with E-state index >= 15 is 0 Å². The van der Waals surface area contributed by atoms with Crippen molar-refractivity contribution in [1.82, 2.24) is 0 Å². The molecule has 3 aromatic rings. The molecule has 1 fully saturated rings. The first-order chi connectivity index (χ1) is 13.6. The van der Waals surface area contributed by atoms with Crippen LogP contribution in [0.15, 0.2) is 65.1 Å². The molecule has 0 spiro atoms. The number of fused-ring (bicyclic) bond motifs is 1. The van der Waals surface area contributed by atoms with Gasteiger partial charge in [-0.1, -0.05) is 48.5 Å². The summed E-state index contributed by atoms with van der Waals surface area (Å²) in [6, 6.07) is 19.1. The molecule has 1 aliphatic heterocycles. The number of hydrogen-bond donors (Lipinski definition) is 0. The van der Waals surface area contributed by atoms with Crippen molar-refractivity contribution in [2.75, 3.05) is 0 Å².